The molecule has 4 N–H and O–H groups in total. The minimum Gasteiger partial charge on any atom is -0.394 e. The number of allylic oxidation sites excluding steroid dienone is 5. The van der Waals surface area contributed by atoms with Gasteiger partial charge in [-0.3, -0.25) is 4.79 Å². The standard InChI is InChI=1S/C45H85NO4/c1-3-5-7-9-11-13-15-17-18-19-20-21-22-23-24-25-26-27-28-30-32-34-36-38-40-44(49)45(50)46-42(41-47)43(48)39-37-35-33-31-29-16-14-12-10-8-6-4-2/h10,12,29,31,37,39,42-44,47-49H,3-9,11,13-28,30,32-36,38,40-41H2,1-2H3,(H,46,50)/b12-10+,31-29+,39-37+. The van der Waals surface area contributed by atoms with Crippen molar-refractivity contribution in [1.29, 1.82) is 0 Å². The molecule has 0 aromatic rings. The van der Waals surface area contributed by atoms with E-state index in [1.807, 2.05) is 6.08 Å². The van der Waals surface area contributed by atoms with Gasteiger partial charge in [0, 0.05) is 0 Å². The third kappa shape index (κ3) is 35.0. The van der Waals surface area contributed by atoms with Gasteiger partial charge in [0.2, 0.25) is 5.91 Å². The van der Waals surface area contributed by atoms with Crippen LogP contribution in [0.4, 0.5) is 0 Å². The number of carbonyl (C=O) groups is 1. The molecule has 0 bridgehead atoms. The molecule has 5 nitrogen and oxygen atoms in total. The van der Waals surface area contributed by atoms with Crippen LogP contribution >= 0.6 is 0 Å². The molecular weight excluding hydrogens is 618 g/mol. The molecular formula is C45H85NO4. The molecule has 0 aromatic carbocycles. The van der Waals surface area contributed by atoms with E-state index in [-0.39, 0.29) is 6.61 Å². The van der Waals surface area contributed by atoms with E-state index in [1.54, 1.807) is 6.08 Å². The molecule has 50 heavy (non-hydrogen) atoms. The van der Waals surface area contributed by atoms with Crippen molar-refractivity contribution in [3.05, 3.63) is 36.5 Å². The van der Waals surface area contributed by atoms with Crippen LogP contribution in [-0.4, -0.2) is 46.1 Å². The highest BCUT2D eigenvalue weighted by Crippen LogP contribution is 2.16. The molecule has 0 heterocycles. The summed E-state index contributed by atoms with van der Waals surface area (Å²) in [7, 11) is 0. The van der Waals surface area contributed by atoms with Gasteiger partial charge in [0.15, 0.2) is 0 Å². The summed E-state index contributed by atoms with van der Waals surface area (Å²) in [5.74, 6) is -0.516. The fourth-order valence-corrected chi connectivity index (χ4v) is 6.50. The van der Waals surface area contributed by atoms with Gasteiger partial charge < -0.3 is 20.6 Å². The Morgan fingerprint density at radius 1 is 0.480 bits per heavy atom. The van der Waals surface area contributed by atoms with Gasteiger partial charge in [-0.1, -0.05) is 217 Å². The van der Waals surface area contributed by atoms with Gasteiger partial charge in [-0.25, -0.2) is 0 Å². The fraction of sp³-hybridized carbons (Fsp3) is 0.844. The van der Waals surface area contributed by atoms with Gasteiger partial charge in [0.05, 0.1) is 18.8 Å². The Morgan fingerprint density at radius 2 is 0.820 bits per heavy atom. The van der Waals surface area contributed by atoms with Crippen molar-refractivity contribution in [3.63, 3.8) is 0 Å². The van der Waals surface area contributed by atoms with Crippen molar-refractivity contribution >= 4 is 5.91 Å². The summed E-state index contributed by atoms with van der Waals surface area (Å²) in [6.07, 6.45) is 50.4. The highest BCUT2D eigenvalue weighted by molar-refractivity contribution is 5.80. The third-order valence-electron chi connectivity index (χ3n) is 9.96. The molecule has 0 saturated heterocycles. The predicted octanol–water partition coefficient (Wildman–Crippen LogP) is 12.4. The average molecular weight is 704 g/mol. The van der Waals surface area contributed by atoms with Crippen molar-refractivity contribution in [2.75, 3.05) is 6.61 Å². The lowest BCUT2D eigenvalue weighted by atomic mass is 10.0. The Kier molecular flexibility index (Phi) is 39.2. The summed E-state index contributed by atoms with van der Waals surface area (Å²) in [5, 5.41) is 33.0. The van der Waals surface area contributed by atoms with Crippen molar-refractivity contribution in [2.45, 2.75) is 238 Å². The summed E-state index contributed by atoms with van der Waals surface area (Å²) >= 11 is 0. The molecule has 1 amide bonds. The average Bonchev–Trinajstić information content (AvgIpc) is 3.12. The van der Waals surface area contributed by atoms with E-state index in [0.717, 1.165) is 44.9 Å². The Morgan fingerprint density at radius 3 is 1.20 bits per heavy atom. The lowest BCUT2D eigenvalue weighted by molar-refractivity contribution is -0.131. The molecule has 0 spiro atoms. The first-order chi connectivity index (χ1) is 24.6. The molecule has 3 unspecified atom stereocenters. The maximum Gasteiger partial charge on any atom is 0.249 e. The second-order valence-electron chi connectivity index (χ2n) is 14.9. The SMILES string of the molecule is CCCC/C=C/CC/C=C/CC/C=C/C(O)C(CO)NC(=O)C(O)CCCCCCCCCCCCCCCCCCCCCCCCCC. The van der Waals surface area contributed by atoms with E-state index in [9.17, 15) is 20.1 Å². The molecule has 3 atom stereocenters. The second-order valence-corrected chi connectivity index (χ2v) is 14.9. The number of unbranched alkanes of at least 4 members (excludes halogenated alkanes) is 27. The van der Waals surface area contributed by atoms with Crippen LogP contribution in [0.5, 0.6) is 0 Å². The number of carbonyl (C=O) groups excluding carboxylic acids is 1. The van der Waals surface area contributed by atoms with E-state index in [1.165, 1.54) is 154 Å². The number of aliphatic hydroxyl groups is 3. The zero-order valence-electron chi connectivity index (χ0n) is 33.3. The molecule has 0 fully saturated rings. The zero-order chi connectivity index (χ0) is 36.6. The lowest BCUT2D eigenvalue weighted by Gasteiger charge is -2.21. The van der Waals surface area contributed by atoms with E-state index < -0.39 is 24.2 Å². The largest absolute Gasteiger partial charge is 0.394 e. The molecule has 294 valence electrons. The molecule has 5 heteroatoms. The number of rotatable bonds is 39. The van der Waals surface area contributed by atoms with Gasteiger partial charge in [0.1, 0.15) is 6.10 Å². The zero-order valence-corrected chi connectivity index (χ0v) is 33.3. The molecule has 0 aliphatic carbocycles. The summed E-state index contributed by atoms with van der Waals surface area (Å²) in [4.78, 5) is 12.4. The van der Waals surface area contributed by atoms with E-state index in [4.69, 9.17) is 0 Å². The van der Waals surface area contributed by atoms with E-state index in [0.29, 0.717) is 6.42 Å². The minimum absolute atomic E-state index is 0.380. The van der Waals surface area contributed by atoms with Gasteiger partial charge in [0.25, 0.3) is 0 Å². The summed E-state index contributed by atoms with van der Waals surface area (Å²) in [5.41, 5.74) is 0. The fourth-order valence-electron chi connectivity index (χ4n) is 6.50. The second kappa shape index (κ2) is 40.3. The van der Waals surface area contributed by atoms with Crippen molar-refractivity contribution in [3.8, 4) is 0 Å². The lowest BCUT2D eigenvalue weighted by Crippen LogP contribution is -2.48. The number of hydrogen-bond donors (Lipinski definition) is 4. The highest BCUT2D eigenvalue weighted by Gasteiger charge is 2.22. The molecule has 0 aliphatic heterocycles. The summed E-state index contributed by atoms with van der Waals surface area (Å²) in [6.45, 7) is 4.12. The van der Waals surface area contributed by atoms with Gasteiger partial charge in [-0.15, -0.1) is 0 Å². The maximum atomic E-state index is 12.4. The first kappa shape index (κ1) is 48.6. The maximum absolute atomic E-state index is 12.4. The first-order valence-electron chi connectivity index (χ1n) is 21.8. The first-order valence-corrected chi connectivity index (χ1v) is 21.8. The van der Waals surface area contributed by atoms with Crippen LogP contribution in [0.3, 0.4) is 0 Å². The number of hydrogen-bond acceptors (Lipinski definition) is 4. The van der Waals surface area contributed by atoms with E-state index >= 15 is 0 Å². The molecule has 0 saturated carbocycles. The van der Waals surface area contributed by atoms with Crippen LogP contribution in [0.1, 0.15) is 219 Å². The predicted molar refractivity (Wildman–Crippen MR) is 218 cm³/mol. The molecule has 0 rings (SSSR count). The molecule has 0 aliphatic rings. The summed E-state index contributed by atoms with van der Waals surface area (Å²) in [6, 6.07) is -0.817. The highest BCUT2D eigenvalue weighted by atomic mass is 16.3. The molecule has 0 radical (unpaired) electrons. The van der Waals surface area contributed by atoms with Gasteiger partial charge >= 0.3 is 0 Å². The normalized spacial score (nSPS) is 13.9. The summed E-state index contributed by atoms with van der Waals surface area (Å²) < 4.78 is 0. The third-order valence-corrected chi connectivity index (χ3v) is 9.96. The number of aliphatic hydroxyl groups excluding tert-OH is 3. The number of amides is 1. The van der Waals surface area contributed by atoms with Crippen molar-refractivity contribution < 1.29 is 20.1 Å². The van der Waals surface area contributed by atoms with Crippen LogP contribution in [0.15, 0.2) is 36.5 Å². The molecule has 0 aromatic heterocycles. The van der Waals surface area contributed by atoms with Crippen LogP contribution in [0.25, 0.3) is 0 Å². The van der Waals surface area contributed by atoms with Crippen LogP contribution < -0.4 is 5.32 Å². The Balaban J connectivity index is 3.62. The Hall–Kier alpha value is -1.43. The van der Waals surface area contributed by atoms with Gasteiger partial charge in [-0.05, 0) is 38.5 Å². The Bertz CT molecular complexity index is 779. The number of nitrogens with one attached hydrogen (secondary N) is 1. The van der Waals surface area contributed by atoms with Crippen molar-refractivity contribution in [2.24, 2.45) is 0 Å². The quantitative estimate of drug-likeness (QED) is 0.0379. The topological polar surface area (TPSA) is 89.8 Å². The van der Waals surface area contributed by atoms with E-state index in [2.05, 4.69) is 43.5 Å². The van der Waals surface area contributed by atoms with Gasteiger partial charge in [-0.2, -0.15) is 0 Å². The minimum atomic E-state index is -1.11. The monoisotopic (exact) mass is 704 g/mol. The van der Waals surface area contributed by atoms with Crippen LogP contribution in [0.2, 0.25) is 0 Å². The Labute approximate surface area is 311 Å². The van der Waals surface area contributed by atoms with Crippen LogP contribution in [-0.2, 0) is 4.79 Å². The van der Waals surface area contributed by atoms with Crippen LogP contribution in [0, 0.1) is 0 Å². The van der Waals surface area contributed by atoms with Crippen molar-refractivity contribution in [1.82, 2.24) is 5.32 Å². The smallest absolute Gasteiger partial charge is 0.249 e.